The molecule has 1 fully saturated rings. The van der Waals surface area contributed by atoms with Crippen molar-refractivity contribution in [2.75, 3.05) is 0 Å². The number of hydrogen-bond acceptors (Lipinski definition) is 0. The second kappa shape index (κ2) is 6.12. The standard InChI is InChI=1S/C16H20F2/c1-2-12-3-5-13(6-4-12)15-8-7-14(9-10-17)16(18)11-15/h7-13H,2-6H2,1H3/b10-9+. The van der Waals surface area contributed by atoms with Gasteiger partial charge in [-0.15, -0.1) is 0 Å². The lowest BCUT2D eigenvalue weighted by Gasteiger charge is -2.28. The predicted molar refractivity (Wildman–Crippen MR) is 71.5 cm³/mol. The molecule has 1 aromatic rings. The zero-order valence-electron chi connectivity index (χ0n) is 10.8. The minimum atomic E-state index is -0.320. The average Bonchev–Trinajstić information content (AvgIpc) is 2.41. The van der Waals surface area contributed by atoms with Crippen LogP contribution in [0.5, 0.6) is 0 Å². The van der Waals surface area contributed by atoms with Crippen LogP contribution in [0.1, 0.15) is 56.1 Å². The van der Waals surface area contributed by atoms with Gasteiger partial charge < -0.3 is 0 Å². The highest BCUT2D eigenvalue weighted by Crippen LogP contribution is 2.37. The van der Waals surface area contributed by atoms with Gasteiger partial charge in [0.05, 0.1) is 6.33 Å². The summed E-state index contributed by atoms with van der Waals surface area (Å²) in [6, 6.07) is 5.19. The zero-order chi connectivity index (χ0) is 13.0. The van der Waals surface area contributed by atoms with Crippen LogP contribution in [0.25, 0.3) is 6.08 Å². The first-order chi connectivity index (χ1) is 8.74. The van der Waals surface area contributed by atoms with Crippen molar-refractivity contribution in [2.45, 2.75) is 44.9 Å². The van der Waals surface area contributed by atoms with Crippen molar-refractivity contribution in [3.8, 4) is 0 Å². The van der Waals surface area contributed by atoms with Crippen molar-refractivity contribution in [1.82, 2.24) is 0 Å². The molecule has 0 aromatic heterocycles. The van der Waals surface area contributed by atoms with Gasteiger partial charge >= 0.3 is 0 Å². The smallest absolute Gasteiger partial charge is 0.130 e. The molecule has 2 rings (SSSR count). The van der Waals surface area contributed by atoms with Gasteiger partial charge in [-0.3, -0.25) is 0 Å². The molecule has 2 heteroatoms. The van der Waals surface area contributed by atoms with Crippen LogP contribution in [0.4, 0.5) is 8.78 Å². The van der Waals surface area contributed by atoms with Gasteiger partial charge in [0.25, 0.3) is 0 Å². The molecular weight excluding hydrogens is 230 g/mol. The minimum Gasteiger partial charge on any atom is -0.216 e. The molecule has 98 valence electrons. The fraction of sp³-hybridized carbons (Fsp3) is 0.500. The molecule has 0 unspecified atom stereocenters. The summed E-state index contributed by atoms with van der Waals surface area (Å²) in [7, 11) is 0. The number of halogens is 2. The molecule has 0 saturated heterocycles. The zero-order valence-corrected chi connectivity index (χ0v) is 10.8. The van der Waals surface area contributed by atoms with Crippen molar-refractivity contribution in [3.63, 3.8) is 0 Å². The molecular formula is C16H20F2. The largest absolute Gasteiger partial charge is 0.216 e. The maximum atomic E-state index is 13.7. The lowest BCUT2D eigenvalue weighted by molar-refractivity contribution is 0.318. The Labute approximate surface area is 108 Å². The van der Waals surface area contributed by atoms with Crippen LogP contribution >= 0.6 is 0 Å². The van der Waals surface area contributed by atoms with E-state index in [4.69, 9.17) is 0 Å². The molecule has 1 aliphatic carbocycles. The van der Waals surface area contributed by atoms with E-state index in [0.29, 0.717) is 17.8 Å². The van der Waals surface area contributed by atoms with E-state index in [1.165, 1.54) is 19.3 Å². The summed E-state index contributed by atoms with van der Waals surface area (Å²) in [5.41, 5.74) is 1.39. The van der Waals surface area contributed by atoms with Crippen LogP contribution in [-0.4, -0.2) is 0 Å². The number of benzene rings is 1. The number of hydrogen-bond donors (Lipinski definition) is 0. The van der Waals surface area contributed by atoms with Crippen molar-refractivity contribution >= 4 is 6.08 Å². The molecule has 1 aliphatic rings. The highest BCUT2D eigenvalue weighted by molar-refractivity contribution is 5.49. The van der Waals surface area contributed by atoms with Crippen molar-refractivity contribution < 1.29 is 8.78 Å². The first-order valence-electron chi connectivity index (χ1n) is 6.80. The monoisotopic (exact) mass is 250 g/mol. The Balaban J connectivity index is 2.08. The van der Waals surface area contributed by atoms with Gasteiger partial charge in [-0.2, -0.15) is 0 Å². The van der Waals surface area contributed by atoms with Gasteiger partial charge in [0, 0.05) is 5.56 Å². The molecule has 0 spiro atoms. The van der Waals surface area contributed by atoms with E-state index in [1.54, 1.807) is 12.1 Å². The summed E-state index contributed by atoms with van der Waals surface area (Å²) in [5.74, 6) is 1.00. The molecule has 0 atom stereocenters. The molecule has 18 heavy (non-hydrogen) atoms. The van der Waals surface area contributed by atoms with Crippen molar-refractivity contribution in [3.05, 3.63) is 41.5 Å². The highest BCUT2D eigenvalue weighted by atomic mass is 19.1. The highest BCUT2D eigenvalue weighted by Gasteiger charge is 2.21. The van der Waals surface area contributed by atoms with Crippen LogP contribution < -0.4 is 0 Å². The second-order valence-corrected chi connectivity index (χ2v) is 5.20. The van der Waals surface area contributed by atoms with Gasteiger partial charge in [-0.05, 0) is 55.2 Å². The second-order valence-electron chi connectivity index (χ2n) is 5.20. The van der Waals surface area contributed by atoms with E-state index >= 15 is 0 Å². The van der Waals surface area contributed by atoms with Gasteiger partial charge in [-0.1, -0.05) is 25.5 Å². The Morgan fingerprint density at radius 2 is 1.94 bits per heavy atom. The first-order valence-corrected chi connectivity index (χ1v) is 6.80. The SMILES string of the molecule is CCC1CCC(c2ccc(/C=C/F)c(F)c2)CC1. The molecule has 0 bridgehead atoms. The van der Waals surface area contributed by atoms with E-state index in [2.05, 4.69) is 6.92 Å². The van der Waals surface area contributed by atoms with E-state index in [9.17, 15) is 8.78 Å². The minimum absolute atomic E-state index is 0.320. The molecule has 0 N–H and O–H groups in total. The third kappa shape index (κ3) is 2.98. The summed E-state index contributed by atoms with van der Waals surface area (Å²) in [6.07, 6.45) is 7.58. The predicted octanol–water partition coefficient (Wildman–Crippen LogP) is 5.45. The van der Waals surface area contributed by atoms with Crippen molar-refractivity contribution in [1.29, 1.82) is 0 Å². The third-order valence-corrected chi connectivity index (χ3v) is 4.16. The third-order valence-electron chi connectivity index (χ3n) is 4.16. The van der Waals surface area contributed by atoms with E-state index in [-0.39, 0.29) is 5.82 Å². The maximum absolute atomic E-state index is 13.7. The van der Waals surface area contributed by atoms with Crippen molar-refractivity contribution in [2.24, 2.45) is 5.92 Å². The van der Waals surface area contributed by atoms with Crippen LogP contribution in [-0.2, 0) is 0 Å². The summed E-state index contributed by atoms with van der Waals surface area (Å²) >= 11 is 0. The molecule has 1 saturated carbocycles. The Hall–Kier alpha value is -1.18. The molecule has 1 aromatic carbocycles. The van der Waals surface area contributed by atoms with E-state index in [1.807, 2.05) is 6.07 Å². The van der Waals surface area contributed by atoms with Gasteiger partial charge in [0.2, 0.25) is 0 Å². The first kappa shape index (κ1) is 13.3. The quantitative estimate of drug-likeness (QED) is 0.669. The molecule has 0 aliphatic heterocycles. The molecule has 0 radical (unpaired) electrons. The average molecular weight is 250 g/mol. The maximum Gasteiger partial charge on any atom is 0.130 e. The molecule has 0 amide bonds. The van der Waals surface area contributed by atoms with Crippen LogP contribution in [0, 0.1) is 11.7 Å². The van der Waals surface area contributed by atoms with Gasteiger partial charge in [0.15, 0.2) is 0 Å². The summed E-state index contributed by atoms with van der Waals surface area (Å²) < 4.78 is 25.8. The van der Waals surface area contributed by atoms with Gasteiger partial charge in [0.1, 0.15) is 5.82 Å². The van der Waals surface area contributed by atoms with E-state index < -0.39 is 0 Å². The molecule has 0 heterocycles. The van der Waals surface area contributed by atoms with Gasteiger partial charge in [-0.25, -0.2) is 8.78 Å². The Bertz CT molecular complexity index is 415. The fourth-order valence-electron chi connectivity index (χ4n) is 2.90. The summed E-state index contributed by atoms with van der Waals surface area (Å²) in [6.45, 7) is 2.24. The lowest BCUT2D eigenvalue weighted by Crippen LogP contribution is -2.12. The fourth-order valence-corrected chi connectivity index (χ4v) is 2.90. The Kier molecular flexibility index (Phi) is 4.51. The summed E-state index contributed by atoms with van der Waals surface area (Å²) in [4.78, 5) is 0. The van der Waals surface area contributed by atoms with E-state index in [0.717, 1.165) is 30.4 Å². The van der Waals surface area contributed by atoms with Crippen LogP contribution in [0.2, 0.25) is 0 Å². The number of rotatable bonds is 3. The Morgan fingerprint density at radius 3 is 2.50 bits per heavy atom. The molecule has 0 nitrogen and oxygen atoms in total. The van der Waals surface area contributed by atoms with Crippen LogP contribution in [0.15, 0.2) is 24.5 Å². The normalized spacial score (nSPS) is 24.6. The Morgan fingerprint density at radius 1 is 1.22 bits per heavy atom. The van der Waals surface area contributed by atoms with Crippen LogP contribution in [0.3, 0.4) is 0 Å². The lowest BCUT2D eigenvalue weighted by atomic mass is 9.78. The summed E-state index contributed by atoms with van der Waals surface area (Å²) in [5, 5.41) is 0. The topological polar surface area (TPSA) is 0 Å².